The summed E-state index contributed by atoms with van der Waals surface area (Å²) in [7, 11) is 3.83. The summed E-state index contributed by atoms with van der Waals surface area (Å²) in [4.78, 5) is 6.45. The Hall–Kier alpha value is -2.50. The van der Waals surface area contributed by atoms with Gasteiger partial charge in [-0.25, -0.2) is 0 Å². The molecule has 1 aromatic heterocycles. The Morgan fingerprint density at radius 1 is 1.33 bits per heavy atom. The summed E-state index contributed by atoms with van der Waals surface area (Å²) in [5.74, 6) is 1.77. The number of hydrogen-bond donors (Lipinski definition) is 1. The van der Waals surface area contributed by atoms with Crippen LogP contribution in [-0.4, -0.2) is 47.9 Å². The van der Waals surface area contributed by atoms with Crippen molar-refractivity contribution in [3.8, 4) is 5.75 Å². The monoisotopic (exact) mass is 329 g/mol. The highest BCUT2D eigenvalue weighted by Crippen LogP contribution is 2.13. The van der Waals surface area contributed by atoms with Crippen molar-refractivity contribution in [2.45, 2.75) is 26.9 Å². The highest BCUT2D eigenvalue weighted by molar-refractivity contribution is 5.79. The average molecular weight is 329 g/mol. The summed E-state index contributed by atoms with van der Waals surface area (Å²) in [6.45, 7) is 7.09. The van der Waals surface area contributed by atoms with E-state index >= 15 is 0 Å². The van der Waals surface area contributed by atoms with Crippen molar-refractivity contribution >= 4 is 5.96 Å². The number of ether oxygens (including phenoxy) is 1. The molecule has 0 unspecified atom stereocenters. The van der Waals surface area contributed by atoms with Crippen molar-refractivity contribution in [3.63, 3.8) is 0 Å². The van der Waals surface area contributed by atoms with Gasteiger partial charge in [-0.1, -0.05) is 12.1 Å². The molecule has 0 aliphatic carbocycles. The number of guanidine groups is 1. The largest absolute Gasteiger partial charge is 0.494 e. The third-order valence-electron chi connectivity index (χ3n) is 3.61. The molecule has 0 saturated heterocycles. The fourth-order valence-corrected chi connectivity index (χ4v) is 2.46. The van der Waals surface area contributed by atoms with Gasteiger partial charge in [-0.2, -0.15) is 5.10 Å². The Kier molecular flexibility index (Phi) is 6.66. The van der Waals surface area contributed by atoms with Gasteiger partial charge in [-0.3, -0.25) is 9.67 Å². The number of aliphatic imine (C=N–C) groups is 1. The molecule has 1 heterocycles. The minimum absolute atomic E-state index is 0.686. The summed E-state index contributed by atoms with van der Waals surface area (Å²) in [6.07, 6.45) is 3.90. The van der Waals surface area contributed by atoms with Crippen LogP contribution in [0.1, 0.15) is 18.1 Å². The maximum Gasteiger partial charge on any atom is 0.193 e. The highest BCUT2D eigenvalue weighted by Gasteiger charge is 2.06. The molecule has 0 saturated carbocycles. The Bertz CT molecular complexity index is 648. The minimum atomic E-state index is 0.686. The first-order chi connectivity index (χ1) is 11.6. The van der Waals surface area contributed by atoms with Gasteiger partial charge in [-0.15, -0.1) is 0 Å². The minimum Gasteiger partial charge on any atom is -0.494 e. The second-order valence-corrected chi connectivity index (χ2v) is 5.69. The molecule has 0 amide bonds. The summed E-state index contributed by atoms with van der Waals surface area (Å²) in [5, 5.41) is 7.65. The molecular weight excluding hydrogens is 302 g/mol. The number of hydrogen-bond acceptors (Lipinski definition) is 3. The van der Waals surface area contributed by atoms with Crippen molar-refractivity contribution in [2.24, 2.45) is 4.99 Å². The first-order valence-electron chi connectivity index (χ1n) is 8.25. The van der Waals surface area contributed by atoms with Crippen molar-refractivity contribution in [3.05, 3.63) is 47.8 Å². The van der Waals surface area contributed by atoms with E-state index in [4.69, 9.17) is 4.74 Å². The third-order valence-corrected chi connectivity index (χ3v) is 3.61. The molecule has 0 aliphatic rings. The topological polar surface area (TPSA) is 54.7 Å². The van der Waals surface area contributed by atoms with Gasteiger partial charge in [0.05, 0.1) is 19.3 Å². The zero-order valence-corrected chi connectivity index (χ0v) is 15.0. The molecule has 1 aromatic carbocycles. The van der Waals surface area contributed by atoms with Crippen LogP contribution in [0.5, 0.6) is 5.75 Å². The molecule has 2 aromatic rings. The summed E-state index contributed by atoms with van der Waals surface area (Å²) < 4.78 is 7.41. The molecule has 24 heavy (non-hydrogen) atoms. The van der Waals surface area contributed by atoms with Gasteiger partial charge >= 0.3 is 0 Å². The first kappa shape index (κ1) is 17.8. The Morgan fingerprint density at radius 3 is 2.67 bits per heavy atom. The van der Waals surface area contributed by atoms with Crippen LogP contribution in [0.25, 0.3) is 0 Å². The van der Waals surface area contributed by atoms with E-state index in [1.54, 1.807) is 7.05 Å². The lowest BCUT2D eigenvalue weighted by molar-refractivity contribution is 0.340. The number of nitrogens with one attached hydrogen (secondary N) is 1. The van der Waals surface area contributed by atoms with Crippen LogP contribution in [0, 0.1) is 6.92 Å². The van der Waals surface area contributed by atoms with Crippen molar-refractivity contribution in [1.29, 1.82) is 0 Å². The van der Waals surface area contributed by atoms with E-state index in [9.17, 15) is 0 Å². The van der Waals surface area contributed by atoms with Gasteiger partial charge in [0, 0.05) is 33.4 Å². The highest BCUT2D eigenvalue weighted by atomic mass is 16.5. The van der Waals surface area contributed by atoms with Crippen LogP contribution in [0.2, 0.25) is 0 Å². The molecule has 0 spiro atoms. The number of rotatable bonds is 7. The van der Waals surface area contributed by atoms with Crippen LogP contribution >= 0.6 is 0 Å². The molecule has 2 rings (SSSR count). The van der Waals surface area contributed by atoms with Gasteiger partial charge < -0.3 is 15.0 Å². The molecule has 0 radical (unpaired) electrons. The fraction of sp³-hybridized carbons (Fsp3) is 0.444. The Morgan fingerprint density at radius 2 is 2.08 bits per heavy atom. The van der Waals surface area contributed by atoms with Crippen molar-refractivity contribution in [2.75, 3.05) is 27.2 Å². The van der Waals surface area contributed by atoms with E-state index in [1.807, 2.05) is 50.1 Å². The SMILES string of the molecule is CCOc1ccc(CN(C)C(=NC)NCCn2cc(C)cn2)cc1. The maximum atomic E-state index is 5.47. The van der Waals surface area contributed by atoms with E-state index in [2.05, 4.69) is 32.4 Å². The van der Waals surface area contributed by atoms with Gasteiger partial charge in [0.15, 0.2) is 5.96 Å². The zero-order chi connectivity index (χ0) is 17.4. The average Bonchev–Trinajstić information content (AvgIpc) is 2.99. The van der Waals surface area contributed by atoms with Crippen molar-refractivity contribution in [1.82, 2.24) is 20.0 Å². The molecule has 0 fully saturated rings. The lowest BCUT2D eigenvalue weighted by Gasteiger charge is -2.22. The smallest absolute Gasteiger partial charge is 0.193 e. The molecule has 0 aliphatic heterocycles. The third kappa shape index (κ3) is 5.30. The van der Waals surface area contributed by atoms with Crippen LogP contribution in [0.15, 0.2) is 41.7 Å². The summed E-state index contributed by atoms with van der Waals surface area (Å²) >= 11 is 0. The lowest BCUT2D eigenvalue weighted by atomic mass is 10.2. The molecule has 1 N–H and O–H groups in total. The predicted molar refractivity (Wildman–Crippen MR) is 97.4 cm³/mol. The number of aryl methyl sites for hydroxylation is 1. The standard InChI is InChI=1S/C18H27N5O/c1-5-24-17-8-6-16(7-9-17)14-22(4)18(19-3)20-10-11-23-13-15(2)12-21-23/h6-9,12-13H,5,10-11,14H2,1-4H3,(H,19,20). The van der Waals surface area contributed by atoms with Crippen LogP contribution in [0.4, 0.5) is 0 Å². The van der Waals surface area contributed by atoms with Gasteiger partial charge in [0.25, 0.3) is 0 Å². The van der Waals surface area contributed by atoms with Gasteiger partial charge in [-0.05, 0) is 37.1 Å². The zero-order valence-electron chi connectivity index (χ0n) is 15.0. The second-order valence-electron chi connectivity index (χ2n) is 5.69. The molecule has 0 bridgehead atoms. The maximum absolute atomic E-state index is 5.47. The van der Waals surface area contributed by atoms with E-state index in [0.717, 1.165) is 31.3 Å². The van der Waals surface area contributed by atoms with Gasteiger partial charge in [0.1, 0.15) is 5.75 Å². The van der Waals surface area contributed by atoms with Crippen LogP contribution < -0.4 is 10.1 Å². The number of benzene rings is 1. The van der Waals surface area contributed by atoms with Crippen LogP contribution in [-0.2, 0) is 13.1 Å². The summed E-state index contributed by atoms with van der Waals surface area (Å²) in [5.41, 5.74) is 2.39. The molecule has 6 nitrogen and oxygen atoms in total. The molecular formula is C18H27N5O. The number of nitrogens with zero attached hydrogens (tertiary/aromatic N) is 4. The van der Waals surface area contributed by atoms with Gasteiger partial charge in [0.2, 0.25) is 0 Å². The van der Waals surface area contributed by atoms with Crippen LogP contribution in [0.3, 0.4) is 0 Å². The summed E-state index contributed by atoms with van der Waals surface area (Å²) in [6, 6.07) is 8.18. The van der Waals surface area contributed by atoms with E-state index < -0.39 is 0 Å². The quantitative estimate of drug-likeness (QED) is 0.625. The Labute approximate surface area is 144 Å². The predicted octanol–water partition coefficient (Wildman–Crippen LogP) is 2.30. The van der Waals surface area contributed by atoms with E-state index in [1.165, 1.54) is 11.1 Å². The van der Waals surface area contributed by atoms with Crippen molar-refractivity contribution < 1.29 is 4.74 Å². The molecule has 130 valence electrons. The lowest BCUT2D eigenvalue weighted by Crippen LogP contribution is -2.39. The Balaban J connectivity index is 1.83. The molecule has 6 heteroatoms. The first-order valence-corrected chi connectivity index (χ1v) is 8.25. The second kappa shape index (κ2) is 8.96. The van der Waals surface area contributed by atoms with E-state index in [0.29, 0.717) is 6.61 Å². The normalized spacial score (nSPS) is 11.4. The molecule has 0 atom stereocenters. The fourth-order valence-electron chi connectivity index (χ4n) is 2.46. The number of aromatic nitrogens is 2. The van der Waals surface area contributed by atoms with E-state index in [-0.39, 0.29) is 0 Å².